The molecule has 0 aromatic heterocycles. The summed E-state index contributed by atoms with van der Waals surface area (Å²) in [6, 6.07) is 0. The Labute approximate surface area is 355 Å². The fraction of sp³-hybridized carbons (Fsp3) is 0.596. The van der Waals surface area contributed by atoms with E-state index in [1.165, 1.54) is 19.3 Å². The second-order valence-corrected chi connectivity index (χ2v) is 14.5. The van der Waals surface area contributed by atoms with Gasteiger partial charge in [0.1, 0.15) is 13.2 Å². The average molecular weight is 803 g/mol. The third-order valence-electron chi connectivity index (χ3n) is 9.02. The molecule has 58 heavy (non-hydrogen) atoms. The number of hydrogen-bond acceptors (Lipinski definition) is 6. The lowest BCUT2D eigenvalue weighted by Crippen LogP contribution is -2.30. The van der Waals surface area contributed by atoms with Crippen LogP contribution in [0.2, 0.25) is 0 Å². The van der Waals surface area contributed by atoms with Gasteiger partial charge < -0.3 is 14.2 Å². The zero-order valence-corrected chi connectivity index (χ0v) is 37.0. The van der Waals surface area contributed by atoms with E-state index < -0.39 is 6.10 Å². The van der Waals surface area contributed by atoms with E-state index in [4.69, 9.17) is 14.2 Å². The molecule has 326 valence electrons. The molecule has 0 rings (SSSR count). The molecule has 1 atom stereocenters. The van der Waals surface area contributed by atoms with Crippen molar-refractivity contribution in [1.82, 2.24) is 0 Å². The van der Waals surface area contributed by atoms with Gasteiger partial charge in [-0.2, -0.15) is 0 Å². The molecule has 0 spiro atoms. The highest BCUT2D eigenvalue weighted by atomic mass is 16.6. The van der Waals surface area contributed by atoms with Crippen LogP contribution in [0.15, 0.2) is 109 Å². The molecule has 0 aromatic carbocycles. The molecular weight excluding hydrogens is 721 g/mol. The van der Waals surface area contributed by atoms with Crippen molar-refractivity contribution in [2.45, 2.75) is 187 Å². The van der Waals surface area contributed by atoms with Crippen LogP contribution in [0.5, 0.6) is 0 Å². The molecule has 0 aliphatic rings. The topological polar surface area (TPSA) is 78.9 Å². The lowest BCUT2D eigenvalue weighted by Gasteiger charge is -2.18. The van der Waals surface area contributed by atoms with Crippen molar-refractivity contribution in [2.24, 2.45) is 0 Å². The molecule has 6 heteroatoms. The van der Waals surface area contributed by atoms with Crippen molar-refractivity contribution in [3.05, 3.63) is 109 Å². The molecule has 0 heterocycles. The maximum atomic E-state index is 12.7. The van der Waals surface area contributed by atoms with Crippen LogP contribution in [0.25, 0.3) is 0 Å². The maximum absolute atomic E-state index is 12.7. The molecule has 0 fully saturated rings. The highest BCUT2D eigenvalue weighted by Crippen LogP contribution is 2.11. The number of hydrogen-bond donors (Lipinski definition) is 0. The highest BCUT2D eigenvalue weighted by Gasteiger charge is 2.19. The number of carbonyl (C=O) groups excluding carboxylic acids is 3. The fourth-order valence-corrected chi connectivity index (χ4v) is 5.64. The summed E-state index contributed by atoms with van der Waals surface area (Å²) in [6.45, 7) is 6.24. The molecule has 0 N–H and O–H groups in total. The van der Waals surface area contributed by atoms with Gasteiger partial charge in [-0.1, -0.05) is 175 Å². The first-order chi connectivity index (χ1) is 28.5. The second kappa shape index (κ2) is 45.8. The molecule has 0 saturated carbocycles. The Balaban J connectivity index is 4.44. The molecule has 0 saturated heterocycles. The summed E-state index contributed by atoms with van der Waals surface area (Å²) < 4.78 is 16.6. The van der Waals surface area contributed by atoms with Gasteiger partial charge in [0, 0.05) is 19.3 Å². The lowest BCUT2D eigenvalue weighted by molar-refractivity contribution is -0.167. The lowest BCUT2D eigenvalue weighted by atomic mass is 10.1. The summed E-state index contributed by atoms with van der Waals surface area (Å²) in [6.07, 6.45) is 61.0. The molecule has 0 bridgehead atoms. The van der Waals surface area contributed by atoms with E-state index in [1.54, 1.807) is 0 Å². The van der Waals surface area contributed by atoms with Crippen molar-refractivity contribution < 1.29 is 28.6 Å². The minimum Gasteiger partial charge on any atom is -0.462 e. The Morgan fingerprint density at radius 2 is 0.690 bits per heavy atom. The molecule has 0 radical (unpaired) electrons. The van der Waals surface area contributed by atoms with Crippen LogP contribution in [0, 0.1) is 0 Å². The van der Waals surface area contributed by atoms with Crippen molar-refractivity contribution in [2.75, 3.05) is 13.2 Å². The van der Waals surface area contributed by atoms with Gasteiger partial charge in [0.05, 0.1) is 0 Å². The van der Waals surface area contributed by atoms with Crippen molar-refractivity contribution in [3.8, 4) is 0 Å². The van der Waals surface area contributed by atoms with Crippen LogP contribution < -0.4 is 0 Å². The van der Waals surface area contributed by atoms with Gasteiger partial charge in [0.25, 0.3) is 0 Å². The van der Waals surface area contributed by atoms with E-state index in [9.17, 15) is 14.4 Å². The molecular formula is C52H82O6. The van der Waals surface area contributed by atoms with Crippen molar-refractivity contribution >= 4 is 17.9 Å². The Hall–Kier alpha value is -3.93. The van der Waals surface area contributed by atoms with Crippen LogP contribution in [-0.4, -0.2) is 37.2 Å². The van der Waals surface area contributed by atoms with Crippen LogP contribution in [0.1, 0.15) is 181 Å². The van der Waals surface area contributed by atoms with E-state index in [0.29, 0.717) is 12.8 Å². The number of carbonyl (C=O) groups is 3. The molecule has 0 aliphatic heterocycles. The van der Waals surface area contributed by atoms with Crippen LogP contribution in [-0.2, 0) is 28.6 Å². The number of allylic oxidation sites excluding steroid dienone is 18. The molecule has 0 amide bonds. The minimum atomic E-state index is -0.811. The predicted octanol–water partition coefficient (Wildman–Crippen LogP) is 14.8. The first-order valence-corrected chi connectivity index (χ1v) is 22.9. The van der Waals surface area contributed by atoms with Gasteiger partial charge in [0.2, 0.25) is 0 Å². The Bertz CT molecular complexity index is 1240. The summed E-state index contributed by atoms with van der Waals surface area (Å²) in [5.41, 5.74) is 0. The molecule has 0 aliphatic carbocycles. The summed E-state index contributed by atoms with van der Waals surface area (Å²) in [7, 11) is 0. The number of unbranched alkanes of at least 4 members (excludes halogenated alkanes) is 10. The van der Waals surface area contributed by atoms with E-state index in [-0.39, 0.29) is 44.0 Å². The third kappa shape index (κ3) is 43.2. The monoisotopic (exact) mass is 803 g/mol. The smallest absolute Gasteiger partial charge is 0.306 e. The van der Waals surface area contributed by atoms with Gasteiger partial charge in [-0.05, 0) is 96.3 Å². The first kappa shape index (κ1) is 54.1. The summed E-state index contributed by atoms with van der Waals surface area (Å²) >= 11 is 0. The zero-order valence-electron chi connectivity index (χ0n) is 37.0. The Morgan fingerprint density at radius 3 is 1.12 bits per heavy atom. The summed E-state index contributed by atoms with van der Waals surface area (Å²) in [5, 5.41) is 0. The summed E-state index contributed by atoms with van der Waals surface area (Å²) in [4.78, 5) is 37.6. The van der Waals surface area contributed by atoms with Crippen molar-refractivity contribution in [1.29, 1.82) is 0 Å². The maximum Gasteiger partial charge on any atom is 0.306 e. The Morgan fingerprint density at radius 1 is 0.362 bits per heavy atom. The van der Waals surface area contributed by atoms with E-state index in [2.05, 4.69) is 130 Å². The number of rotatable bonds is 39. The van der Waals surface area contributed by atoms with E-state index >= 15 is 0 Å². The second-order valence-electron chi connectivity index (χ2n) is 14.5. The average Bonchev–Trinajstić information content (AvgIpc) is 3.22. The number of ether oxygens (including phenoxy) is 3. The van der Waals surface area contributed by atoms with Crippen LogP contribution >= 0.6 is 0 Å². The Kier molecular flexibility index (Phi) is 42.7. The first-order valence-electron chi connectivity index (χ1n) is 22.9. The van der Waals surface area contributed by atoms with Gasteiger partial charge in [-0.15, -0.1) is 0 Å². The predicted molar refractivity (Wildman–Crippen MR) is 247 cm³/mol. The van der Waals surface area contributed by atoms with Crippen LogP contribution in [0.4, 0.5) is 0 Å². The molecule has 1 unspecified atom stereocenters. The standard InChI is InChI=1S/C52H82O6/c1-4-7-10-13-16-18-20-22-24-26-28-30-32-34-36-39-42-45-51(54)57-48-49(47-56-50(53)44-41-38-15-12-9-6-3)58-52(55)46-43-40-37-35-33-31-29-27-25-23-21-19-17-14-11-8-5-2/h7-8,10-11,16-19,22-25,28-31,34,36,49H,4-6,9,12-15,20-21,26-27,32-33,35,37-48H2,1-3H3/b10-7-,11-8-,18-16-,19-17-,24-22-,25-23-,30-28-,31-29-,36-34-. The normalized spacial score (nSPS) is 13.1. The quantitative estimate of drug-likeness (QED) is 0.0267. The fourth-order valence-electron chi connectivity index (χ4n) is 5.64. The van der Waals surface area contributed by atoms with Gasteiger partial charge >= 0.3 is 17.9 Å². The summed E-state index contributed by atoms with van der Waals surface area (Å²) in [5.74, 6) is -1.02. The van der Waals surface area contributed by atoms with E-state index in [0.717, 1.165) is 116 Å². The molecule has 0 aromatic rings. The van der Waals surface area contributed by atoms with Gasteiger partial charge in [0.15, 0.2) is 6.10 Å². The van der Waals surface area contributed by atoms with Crippen molar-refractivity contribution in [3.63, 3.8) is 0 Å². The highest BCUT2D eigenvalue weighted by molar-refractivity contribution is 5.71. The largest absolute Gasteiger partial charge is 0.462 e. The third-order valence-corrected chi connectivity index (χ3v) is 9.02. The minimum absolute atomic E-state index is 0.109. The number of esters is 3. The SMILES string of the molecule is CC/C=C\C/C=C\C/C=C\C/C=C\C/C=C\CCCC(=O)OCC(COC(=O)CCCCCCCC)OC(=O)CCCCCC/C=C\C/C=C\C/C=C\C/C=C\CC. The van der Waals surface area contributed by atoms with Gasteiger partial charge in [-0.3, -0.25) is 14.4 Å². The molecule has 6 nitrogen and oxygen atoms in total. The van der Waals surface area contributed by atoms with Crippen LogP contribution in [0.3, 0.4) is 0 Å². The zero-order chi connectivity index (χ0) is 42.3. The van der Waals surface area contributed by atoms with Gasteiger partial charge in [-0.25, -0.2) is 0 Å². The van der Waals surface area contributed by atoms with E-state index in [1.807, 2.05) is 0 Å².